The number of carbonyl (C=O) groups is 4. The lowest BCUT2D eigenvalue weighted by Crippen LogP contribution is -2.52. The fourth-order valence-electron chi connectivity index (χ4n) is 5.64. The Morgan fingerprint density at radius 2 is 1.94 bits per heavy atom. The molecule has 3 aromatic heterocycles. The zero-order valence-corrected chi connectivity index (χ0v) is 25.7. The Hall–Kier alpha value is -5.56. The molecule has 1 saturated heterocycles. The third-order valence-electron chi connectivity index (χ3n) is 8.00. The molecule has 47 heavy (non-hydrogen) atoms. The highest BCUT2D eigenvalue weighted by atomic mass is 32.1. The maximum absolute atomic E-state index is 13.6. The summed E-state index contributed by atoms with van der Waals surface area (Å²) in [5.74, 6) is -0.575. The molecule has 7 rings (SSSR count). The fourth-order valence-corrected chi connectivity index (χ4v) is 6.62. The summed E-state index contributed by atoms with van der Waals surface area (Å²) in [5.41, 5.74) is 4.29. The molecular formula is C34H27FN6O5S. The number of halogens is 1. The van der Waals surface area contributed by atoms with Gasteiger partial charge in [0.15, 0.2) is 0 Å². The molecule has 5 aromatic rings. The van der Waals surface area contributed by atoms with E-state index in [1.807, 2.05) is 12.1 Å². The number of ether oxygens (including phenoxy) is 1. The predicted molar refractivity (Wildman–Crippen MR) is 172 cm³/mol. The second-order valence-electron chi connectivity index (χ2n) is 11.2. The average Bonchev–Trinajstić information content (AvgIpc) is 3.63. The maximum Gasteiger partial charge on any atom is 0.255 e. The molecule has 0 radical (unpaired) electrons. The number of hydrogen-bond acceptors (Lipinski definition) is 9. The summed E-state index contributed by atoms with van der Waals surface area (Å²) >= 11 is 1.40. The van der Waals surface area contributed by atoms with Crippen molar-refractivity contribution in [3.05, 3.63) is 90.0 Å². The van der Waals surface area contributed by atoms with Gasteiger partial charge < -0.3 is 15.0 Å². The van der Waals surface area contributed by atoms with Gasteiger partial charge in [0.1, 0.15) is 28.4 Å². The Balaban J connectivity index is 0.902. The first-order chi connectivity index (χ1) is 22.8. The molecule has 11 nitrogen and oxygen atoms in total. The highest BCUT2D eigenvalue weighted by molar-refractivity contribution is 7.21. The van der Waals surface area contributed by atoms with Crippen LogP contribution in [0.4, 0.5) is 10.2 Å². The summed E-state index contributed by atoms with van der Waals surface area (Å²) in [5, 5.41) is 5.87. The first kappa shape index (κ1) is 30.1. The fraction of sp³-hybridized carbons (Fsp3) is 0.206. The standard InChI is InChI=1S/C34H27FN6O5S/c35-22-4-8-26-28(16-22)47-33(38-26)20-3-7-25(37-17-20)19-11-12-36-29(15-19)39-30(42)2-1-13-46-23-5-6-24-21(14-23)18-41(34(24)45)27-9-10-31(43)40-32(27)44/h3-8,11-12,14-17,27H,1-2,9-10,13,18H2,(H,36,39,42)(H,40,43,44). The molecule has 2 N–H and O–H groups in total. The van der Waals surface area contributed by atoms with Crippen LogP contribution in [-0.4, -0.2) is 56.1 Å². The normalized spacial score (nSPS) is 15.9. The average molecular weight is 651 g/mol. The monoisotopic (exact) mass is 650 g/mol. The Morgan fingerprint density at radius 1 is 1.04 bits per heavy atom. The summed E-state index contributed by atoms with van der Waals surface area (Å²) in [6.07, 6.45) is 4.48. The first-order valence-corrected chi connectivity index (χ1v) is 15.8. The van der Waals surface area contributed by atoms with Gasteiger partial charge in [0.2, 0.25) is 17.7 Å². The van der Waals surface area contributed by atoms with Crippen LogP contribution in [0.3, 0.4) is 0 Å². The first-order valence-electron chi connectivity index (χ1n) is 15.0. The number of rotatable bonds is 9. The van der Waals surface area contributed by atoms with Crippen molar-refractivity contribution in [1.82, 2.24) is 25.2 Å². The molecule has 5 heterocycles. The number of pyridine rings is 2. The van der Waals surface area contributed by atoms with E-state index in [1.54, 1.807) is 48.8 Å². The highest BCUT2D eigenvalue weighted by Gasteiger charge is 2.39. The third kappa shape index (κ3) is 6.42. The number of amides is 4. The van der Waals surface area contributed by atoms with Gasteiger partial charge in [0, 0.05) is 48.5 Å². The van der Waals surface area contributed by atoms with Gasteiger partial charge in [0.25, 0.3) is 5.91 Å². The van der Waals surface area contributed by atoms with E-state index in [9.17, 15) is 23.6 Å². The van der Waals surface area contributed by atoms with Crippen molar-refractivity contribution in [3.8, 4) is 27.6 Å². The largest absolute Gasteiger partial charge is 0.494 e. The van der Waals surface area contributed by atoms with Crippen molar-refractivity contribution in [1.29, 1.82) is 0 Å². The number of piperidine rings is 1. The van der Waals surface area contributed by atoms with Crippen LogP contribution in [0.15, 0.2) is 73.1 Å². The number of benzene rings is 2. The summed E-state index contributed by atoms with van der Waals surface area (Å²) in [6, 6.07) is 16.3. The lowest BCUT2D eigenvalue weighted by atomic mass is 10.0. The van der Waals surface area contributed by atoms with Crippen molar-refractivity contribution in [2.24, 2.45) is 0 Å². The zero-order chi connectivity index (χ0) is 32.5. The van der Waals surface area contributed by atoms with Crippen LogP contribution >= 0.6 is 11.3 Å². The molecule has 2 aromatic carbocycles. The summed E-state index contributed by atoms with van der Waals surface area (Å²) in [6.45, 7) is 0.543. The number of aromatic nitrogens is 3. The van der Waals surface area contributed by atoms with Crippen molar-refractivity contribution >= 4 is 51.0 Å². The van der Waals surface area contributed by atoms with Crippen LogP contribution in [0, 0.1) is 5.82 Å². The number of thiazole rings is 1. The van der Waals surface area contributed by atoms with E-state index in [0.29, 0.717) is 35.7 Å². The molecular weight excluding hydrogens is 623 g/mol. The minimum Gasteiger partial charge on any atom is -0.494 e. The van der Waals surface area contributed by atoms with Crippen LogP contribution in [0.1, 0.15) is 41.6 Å². The van der Waals surface area contributed by atoms with Gasteiger partial charge in [-0.1, -0.05) is 0 Å². The van der Waals surface area contributed by atoms with Crippen molar-refractivity contribution in [3.63, 3.8) is 0 Å². The Bertz CT molecular complexity index is 2050. The summed E-state index contributed by atoms with van der Waals surface area (Å²) in [4.78, 5) is 64.2. The molecule has 0 spiro atoms. The molecule has 1 atom stereocenters. The van der Waals surface area contributed by atoms with Crippen LogP contribution in [0.25, 0.3) is 32.0 Å². The number of hydrogen-bond donors (Lipinski definition) is 2. The summed E-state index contributed by atoms with van der Waals surface area (Å²) in [7, 11) is 0. The number of nitrogens with one attached hydrogen (secondary N) is 2. The van der Waals surface area contributed by atoms with Crippen molar-refractivity contribution in [2.45, 2.75) is 38.3 Å². The van der Waals surface area contributed by atoms with E-state index in [4.69, 9.17) is 4.74 Å². The van der Waals surface area contributed by atoms with Crippen LogP contribution in [0.2, 0.25) is 0 Å². The number of fused-ring (bicyclic) bond motifs is 2. The van der Waals surface area contributed by atoms with E-state index < -0.39 is 11.9 Å². The summed E-state index contributed by atoms with van der Waals surface area (Å²) < 4.78 is 20.2. The van der Waals surface area contributed by atoms with Crippen molar-refractivity contribution < 1.29 is 28.3 Å². The Kier molecular flexibility index (Phi) is 8.12. The number of anilines is 1. The second kappa shape index (κ2) is 12.7. The van der Waals surface area contributed by atoms with Crippen LogP contribution < -0.4 is 15.4 Å². The zero-order valence-electron chi connectivity index (χ0n) is 24.9. The number of imide groups is 1. The van der Waals surface area contributed by atoms with E-state index in [1.165, 1.54) is 28.4 Å². The molecule has 1 unspecified atom stereocenters. The molecule has 1 fully saturated rings. The van der Waals surface area contributed by atoms with Gasteiger partial charge in [0.05, 0.1) is 22.5 Å². The predicted octanol–water partition coefficient (Wildman–Crippen LogP) is 5.12. The van der Waals surface area contributed by atoms with E-state index in [2.05, 4.69) is 25.6 Å². The molecule has 2 aliphatic heterocycles. The van der Waals surface area contributed by atoms with E-state index in [0.717, 1.165) is 31.9 Å². The number of nitrogens with zero attached hydrogens (tertiary/aromatic N) is 4. The third-order valence-corrected chi connectivity index (χ3v) is 9.06. The molecule has 4 amide bonds. The van der Waals surface area contributed by atoms with Gasteiger partial charge >= 0.3 is 0 Å². The molecule has 0 bridgehead atoms. The maximum atomic E-state index is 13.6. The molecule has 0 aliphatic carbocycles. The SMILES string of the molecule is O=C1CCC(N2Cc3cc(OCCCC(=O)Nc4cc(-c5ccc(-c6nc7ccc(F)cc7s6)cn5)ccn4)ccc3C2=O)C(=O)N1. The molecule has 2 aliphatic rings. The quantitative estimate of drug-likeness (QED) is 0.165. The lowest BCUT2D eigenvalue weighted by molar-refractivity contribution is -0.137. The van der Waals surface area contributed by atoms with Gasteiger partial charge in [-0.25, -0.2) is 14.4 Å². The number of carbonyl (C=O) groups excluding carboxylic acids is 4. The smallest absolute Gasteiger partial charge is 0.255 e. The molecule has 0 saturated carbocycles. The molecule has 13 heteroatoms. The van der Waals surface area contributed by atoms with Crippen LogP contribution in [0.5, 0.6) is 5.75 Å². The van der Waals surface area contributed by atoms with Gasteiger partial charge in [-0.05, 0) is 79.1 Å². The highest BCUT2D eigenvalue weighted by Crippen LogP contribution is 2.32. The van der Waals surface area contributed by atoms with Gasteiger partial charge in [-0.3, -0.25) is 29.5 Å². The second-order valence-corrected chi connectivity index (χ2v) is 12.2. The van der Waals surface area contributed by atoms with E-state index in [-0.39, 0.29) is 49.5 Å². The topological polar surface area (TPSA) is 143 Å². The van der Waals surface area contributed by atoms with Crippen LogP contribution in [-0.2, 0) is 20.9 Å². The molecule has 236 valence electrons. The Labute approximate surface area is 271 Å². The van der Waals surface area contributed by atoms with Gasteiger partial charge in [-0.2, -0.15) is 0 Å². The van der Waals surface area contributed by atoms with Gasteiger partial charge in [-0.15, -0.1) is 11.3 Å². The Morgan fingerprint density at radius 3 is 2.77 bits per heavy atom. The minimum atomic E-state index is -0.674. The van der Waals surface area contributed by atoms with Crippen molar-refractivity contribution in [2.75, 3.05) is 11.9 Å². The minimum absolute atomic E-state index is 0.197. The lowest BCUT2D eigenvalue weighted by Gasteiger charge is -2.29. The van der Waals surface area contributed by atoms with E-state index >= 15 is 0 Å².